The van der Waals surface area contributed by atoms with Gasteiger partial charge in [0.2, 0.25) is 0 Å². The number of benzene rings is 1. The molecular weight excluding hydrogens is 282 g/mol. The van der Waals surface area contributed by atoms with Crippen LogP contribution in [0.4, 0.5) is 0 Å². The van der Waals surface area contributed by atoms with Crippen molar-refractivity contribution in [1.82, 2.24) is 4.90 Å². The minimum absolute atomic E-state index is 0.0883. The van der Waals surface area contributed by atoms with Gasteiger partial charge in [0.25, 0.3) is 11.8 Å². The van der Waals surface area contributed by atoms with Crippen LogP contribution in [0.1, 0.15) is 47.4 Å². The topological polar surface area (TPSA) is 63.7 Å². The van der Waals surface area contributed by atoms with Crippen molar-refractivity contribution in [2.24, 2.45) is 11.8 Å². The zero-order valence-electron chi connectivity index (χ0n) is 13.2. The molecule has 0 saturated heterocycles. The molecule has 1 aromatic rings. The van der Waals surface area contributed by atoms with Crippen molar-refractivity contribution in [3.63, 3.8) is 0 Å². The van der Waals surface area contributed by atoms with Gasteiger partial charge in [-0.3, -0.25) is 19.3 Å². The first-order valence-corrected chi connectivity index (χ1v) is 7.46. The van der Waals surface area contributed by atoms with Gasteiger partial charge >= 0.3 is 5.97 Å². The smallest absolute Gasteiger partial charge is 0.305 e. The Morgan fingerprint density at radius 1 is 1.14 bits per heavy atom. The van der Waals surface area contributed by atoms with Gasteiger partial charge in [-0.25, -0.2) is 0 Å². The van der Waals surface area contributed by atoms with Crippen LogP contribution in [0.25, 0.3) is 0 Å². The van der Waals surface area contributed by atoms with E-state index in [1.54, 1.807) is 24.3 Å². The monoisotopic (exact) mass is 303 g/mol. The highest BCUT2D eigenvalue weighted by Crippen LogP contribution is 2.26. The number of nitrogens with zero attached hydrogens (tertiary/aromatic N) is 1. The van der Waals surface area contributed by atoms with Crippen molar-refractivity contribution in [3.8, 4) is 0 Å². The van der Waals surface area contributed by atoms with Crippen LogP contribution in [0.5, 0.6) is 0 Å². The maximum Gasteiger partial charge on any atom is 0.305 e. The molecule has 5 nitrogen and oxygen atoms in total. The molecule has 1 aliphatic rings. The SMILES string of the molecule is COC(=O)C[C@H](CC(C)C)CN1C(=O)c2ccccc2C1=O. The fourth-order valence-electron chi connectivity index (χ4n) is 2.87. The Morgan fingerprint density at radius 2 is 1.68 bits per heavy atom. The molecule has 0 aliphatic carbocycles. The van der Waals surface area contributed by atoms with Crippen LogP contribution < -0.4 is 0 Å². The minimum Gasteiger partial charge on any atom is -0.469 e. The van der Waals surface area contributed by atoms with Crippen LogP contribution in [-0.4, -0.2) is 36.3 Å². The molecule has 2 amide bonds. The third kappa shape index (κ3) is 3.35. The zero-order chi connectivity index (χ0) is 16.3. The molecule has 22 heavy (non-hydrogen) atoms. The highest BCUT2D eigenvalue weighted by molar-refractivity contribution is 6.21. The summed E-state index contributed by atoms with van der Waals surface area (Å²) in [4.78, 5) is 37.5. The number of methoxy groups -OCH3 is 1. The van der Waals surface area contributed by atoms with Crippen LogP contribution in [0.15, 0.2) is 24.3 Å². The highest BCUT2D eigenvalue weighted by atomic mass is 16.5. The van der Waals surface area contributed by atoms with E-state index in [1.807, 2.05) is 13.8 Å². The predicted octanol–water partition coefficient (Wildman–Crippen LogP) is 2.51. The summed E-state index contributed by atoms with van der Waals surface area (Å²) >= 11 is 0. The summed E-state index contributed by atoms with van der Waals surface area (Å²) in [5.74, 6) is -0.597. The van der Waals surface area contributed by atoms with E-state index in [1.165, 1.54) is 12.0 Å². The first kappa shape index (κ1) is 16.2. The normalized spacial score (nSPS) is 15.2. The lowest BCUT2D eigenvalue weighted by Gasteiger charge is -2.23. The van der Waals surface area contributed by atoms with E-state index < -0.39 is 0 Å². The fraction of sp³-hybridized carbons (Fsp3) is 0.471. The molecule has 0 fully saturated rings. The number of rotatable bonds is 6. The minimum atomic E-state index is -0.317. The fourth-order valence-corrected chi connectivity index (χ4v) is 2.87. The zero-order valence-corrected chi connectivity index (χ0v) is 13.2. The Labute approximate surface area is 130 Å². The molecular formula is C17H21NO4. The quantitative estimate of drug-likeness (QED) is 0.598. The van der Waals surface area contributed by atoms with Crippen molar-refractivity contribution in [3.05, 3.63) is 35.4 Å². The summed E-state index contributed by atoms with van der Waals surface area (Å²) in [5.41, 5.74) is 0.878. The van der Waals surface area contributed by atoms with Crippen molar-refractivity contribution < 1.29 is 19.1 Å². The Morgan fingerprint density at radius 3 is 2.14 bits per heavy atom. The van der Waals surface area contributed by atoms with Gasteiger partial charge in [0.15, 0.2) is 0 Å². The van der Waals surface area contributed by atoms with Gasteiger partial charge in [-0.2, -0.15) is 0 Å². The molecule has 0 saturated carbocycles. The maximum absolute atomic E-state index is 12.4. The van der Waals surface area contributed by atoms with Crippen LogP contribution in [0.3, 0.4) is 0 Å². The van der Waals surface area contributed by atoms with E-state index in [4.69, 9.17) is 4.74 Å². The molecule has 0 radical (unpaired) electrons. The van der Waals surface area contributed by atoms with E-state index in [-0.39, 0.29) is 36.7 Å². The summed E-state index contributed by atoms with van der Waals surface area (Å²) < 4.78 is 4.71. The molecule has 1 aliphatic heterocycles. The number of carbonyl (C=O) groups is 3. The summed E-state index contributed by atoms with van der Waals surface area (Å²) in [7, 11) is 1.34. The standard InChI is InChI=1S/C17H21NO4/c1-11(2)8-12(9-15(19)22-3)10-18-16(20)13-6-4-5-7-14(13)17(18)21/h4-7,11-12H,8-10H2,1-3H3/t12-/m0/s1. The average Bonchev–Trinajstić information content (AvgIpc) is 2.72. The van der Waals surface area contributed by atoms with Gasteiger partial charge in [0.05, 0.1) is 24.7 Å². The van der Waals surface area contributed by atoms with Gasteiger partial charge in [0, 0.05) is 6.54 Å². The summed E-state index contributed by atoms with van der Waals surface area (Å²) in [6, 6.07) is 6.81. The number of amides is 2. The Hall–Kier alpha value is -2.17. The van der Waals surface area contributed by atoms with Crippen molar-refractivity contribution in [1.29, 1.82) is 0 Å². The van der Waals surface area contributed by atoms with Crippen molar-refractivity contribution >= 4 is 17.8 Å². The van der Waals surface area contributed by atoms with E-state index in [9.17, 15) is 14.4 Å². The molecule has 1 aromatic carbocycles. The first-order valence-electron chi connectivity index (χ1n) is 7.46. The molecule has 1 atom stereocenters. The molecule has 0 N–H and O–H groups in total. The number of ether oxygens (including phenoxy) is 1. The number of hydrogen-bond acceptors (Lipinski definition) is 4. The molecule has 5 heteroatoms. The van der Waals surface area contributed by atoms with E-state index in [0.29, 0.717) is 17.0 Å². The summed E-state index contributed by atoms with van der Waals surface area (Å²) in [5, 5.41) is 0. The molecule has 0 aromatic heterocycles. The second-order valence-corrected chi connectivity index (χ2v) is 6.04. The Kier molecular flexibility index (Phi) is 4.96. The average molecular weight is 303 g/mol. The summed E-state index contributed by atoms with van der Waals surface area (Å²) in [6.45, 7) is 4.35. The second-order valence-electron chi connectivity index (χ2n) is 6.04. The summed E-state index contributed by atoms with van der Waals surface area (Å²) in [6.07, 6.45) is 0.963. The molecule has 118 valence electrons. The largest absolute Gasteiger partial charge is 0.469 e. The van der Waals surface area contributed by atoms with Gasteiger partial charge in [0.1, 0.15) is 0 Å². The number of esters is 1. The highest BCUT2D eigenvalue weighted by Gasteiger charge is 2.36. The second kappa shape index (κ2) is 6.73. The number of carbonyl (C=O) groups excluding carboxylic acids is 3. The van der Waals surface area contributed by atoms with Gasteiger partial charge < -0.3 is 4.74 Å². The van der Waals surface area contributed by atoms with Crippen LogP contribution in [-0.2, 0) is 9.53 Å². The molecule has 0 spiro atoms. The number of hydrogen-bond donors (Lipinski definition) is 0. The lowest BCUT2D eigenvalue weighted by Crippen LogP contribution is -2.35. The van der Waals surface area contributed by atoms with Gasteiger partial charge in [-0.05, 0) is 30.4 Å². The Balaban J connectivity index is 2.15. The van der Waals surface area contributed by atoms with Crippen LogP contribution in [0, 0.1) is 11.8 Å². The van der Waals surface area contributed by atoms with Crippen molar-refractivity contribution in [2.75, 3.05) is 13.7 Å². The third-order valence-electron chi connectivity index (χ3n) is 3.81. The molecule has 0 unspecified atom stereocenters. The first-order chi connectivity index (χ1) is 10.4. The van der Waals surface area contributed by atoms with Gasteiger partial charge in [-0.15, -0.1) is 0 Å². The predicted molar refractivity (Wildman–Crippen MR) is 81.4 cm³/mol. The van der Waals surface area contributed by atoms with Crippen molar-refractivity contribution in [2.45, 2.75) is 26.7 Å². The number of fused-ring (bicyclic) bond motifs is 1. The maximum atomic E-state index is 12.4. The third-order valence-corrected chi connectivity index (χ3v) is 3.81. The van der Waals surface area contributed by atoms with Crippen LogP contribution >= 0.6 is 0 Å². The van der Waals surface area contributed by atoms with E-state index in [0.717, 1.165) is 6.42 Å². The van der Waals surface area contributed by atoms with E-state index >= 15 is 0 Å². The Bertz CT molecular complexity index is 559. The molecule has 0 bridgehead atoms. The van der Waals surface area contributed by atoms with Crippen LogP contribution in [0.2, 0.25) is 0 Å². The molecule has 2 rings (SSSR count). The number of imide groups is 1. The van der Waals surface area contributed by atoms with Gasteiger partial charge in [-0.1, -0.05) is 26.0 Å². The van der Waals surface area contributed by atoms with E-state index in [2.05, 4.69) is 0 Å². The molecule has 1 heterocycles. The lowest BCUT2D eigenvalue weighted by atomic mass is 9.93. The lowest BCUT2D eigenvalue weighted by molar-refractivity contribution is -0.141.